The normalized spacial score (nSPS) is 11.8. The number of aromatic nitrogens is 3. The molecular weight excluding hydrogens is 465 g/mol. The molecule has 0 fully saturated rings. The fourth-order valence-corrected chi connectivity index (χ4v) is 3.90. The molecular formula is C26H26FN5O4. The first-order valence-corrected chi connectivity index (χ1v) is 11.3. The summed E-state index contributed by atoms with van der Waals surface area (Å²) >= 11 is 0. The lowest BCUT2D eigenvalue weighted by Crippen LogP contribution is -2.46. The fourth-order valence-electron chi connectivity index (χ4n) is 3.90. The van der Waals surface area contributed by atoms with Crippen LogP contribution in [0.3, 0.4) is 0 Å². The molecule has 4 aromatic rings. The number of hydrogen-bond donors (Lipinski definition) is 1. The van der Waals surface area contributed by atoms with E-state index in [0.717, 1.165) is 0 Å². The van der Waals surface area contributed by atoms with Crippen LogP contribution in [0.25, 0.3) is 11.0 Å². The van der Waals surface area contributed by atoms with E-state index in [1.54, 1.807) is 42.5 Å². The van der Waals surface area contributed by atoms with E-state index in [0.29, 0.717) is 22.3 Å². The smallest absolute Gasteiger partial charge is 0.249 e. The van der Waals surface area contributed by atoms with E-state index in [2.05, 4.69) is 15.6 Å². The second-order valence-electron chi connectivity index (χ2n) is 7.94. The van der Waals surface area contributed by atoms with Gasteiger partial charge in [0.05, 0.1) is 19.2 Å². The predicted molar refractivity (Wildman–Crippen MR) is 132 cm³/mol. The van der Waals surface area contributed by atoms with Gasteiger partial charge in [-0.25, -0.2) is 9.07 Å². The third kappa shape index (κ3) is 5.49. The van der Waals surface area contributed by atoms with Crippen molar-refractivity contribution < 1.29 is 23.5 Å². The van der Waals surface area contributed by atoms with Crippen LogP contribution < -0.4 is 15.0 Å². The summed E-state index contributed by atoms with van der Waals surface area (Å²) in [4.78, 5) is 28.6. The summed E-state index contributed by atoms with van der Waals surface area (Å²) in [6.45, 7) is 0.299. The lowest BCUT2D eigenvalue weighted by molar-refractivity contribution is -0.127. The summed E-state index contributed by atoms with van der Waals surface area (Å²) in [6.07, 6.45) is 0. The number of rotatable bonds is 10. The van der Waals surface area contributed by atoms with Crippen LogP contribution in [0.5, 0.6) is 5.75 Å². The van der Waals surface area contributed by atoms with Crippen molar-refractivity contribution in [2.45, 2.75) is 12.6 Å². The minimum atomic E-state index is -1.12. The van der Waals surface area contributed by atoms with Gasteiger partial charge in [0.15, 0.2) is 0 Å². The summed E-state index contributed by atoms with van der Waals surface area (Å²) in [6, 6.07) is 18.5. The number of anilines is 1. The Morgan fingerprint density at radius 1 is 1.06 bits per heavy atom. The maximum atomic E-state index is 14.3. The molecule has 0 saturated heterocycles. The van der Waals surface area contributed by atoms with Crippen LogP contribution in [0.15, 0.2) is 72.8 Å². The van der Waals surface area contributed by atoms with Gasteiger partial charge in [0.25, 0.3) is 0 Å². The Hall–Kier alpha value is -4.31. The van der Waals surface area contributed by atoms with Gasteiger partial charge in [0, 0.05) is 19.3 Å². The molecule has 2 amide bonds. The molecule has 3 aromatic carbocycles. The Bertz CT molecular complexity index is 1360. The van der Waals surface area contributed by atoms with Gasteiger partial charge < -0.3 is 14.8 Å². The standard InChI is InChI=1S/C26H26FN5O4/c1-35-14-13-28-26(34)25(18-7-5-10-21(15-18)36-2)32(20-9-6-8-19(27)16-20)24(33)17-31-23-12-4-3-11-22(23)29-30-31/h3-12,15-16,25H,13-14,17H2,1-2H3,(H,28,34)/t25-/m1/s1. The molecule has 1 N–H and O–H groups in total. The highest BCUT2D eigenvalue weighted by atomic mass is 19.1. The monoisotopic (exact) mass is 491 g/mol. The fraction of sp³-hybridized carbons (Fsp3) is 0.231. The van der Waals surface area contributed by atoms with Crippen LogP contribution in [-0.2, 0) is 20.9 Å². The van der Waals surface area contributed by atoms with Crippen LogP contribution in [-0.4, -0.2) is 54.2 Å². The van der Waals surface area contributed by atoms with Crippen LogP contribution in [0.2, 0.25) is 0 Å². The van der Waals surface area contributed by atoms with E-state index in [4.69, 9.17) is 9.47 Å². The Morgan fingerprint density at radius 3 is 2.64 bits per heavy atom. The number of nitrogens with one attached hydrogen (secondary N) is 1. The number of methoxy groups -OCH3 is 2. The van der Waals surface area contributed by atoms with Gasteiger partial charge in [-0.05, 0) is 48.0 Å². The average Bonchev–Trinajstić information content (AvgIpc) is 3.29. The first kappa shape index (κ1) is 24.8. The molecule has 10 heteroatoms. The molecule has 0 aliphatic rings. The second-order valence-corrected chi connectivity index (χ2v) is 7.94. The van der Waals surface area contributed by atoms with E-state index in [-0.39, 0.29) is 25.4 Å². The van der Waals surface area contributed by atoms with E-state index in [1.807, 2.05) is 12.1 Å². The van der Waals surface area contributed by atoms with E-state index >= 15 is 0 Å². The van der Waals surface area contributed by atoms with Gasteiger partial charge in [0.1, 0.15) is 29.7 Å². The zero-order valence-corrected chi connectivity index (χ0v) is 19.9. The van der Waals surface area contributed by atoms with Gasteiger partial charge in [0.2, 0.25) is 11.8 Å². The molecule has 1 atom stereocenters. The molecule has 0 saturated carbocycles. The van der Waals surface area contributed by atoms with E-state index in [9.17, 15) is 14.0 Å². The molecule has 186 valence electrons. The summed E-state index contributed by atoms with van der Waals surface area (Å²) in [5, 5.41) is 11.0. The molecule has 0 radical (unpaired) electrons. The van der Waals surface area contributed by atoms with E-state index < -0.39 is 23.7 Å². The van der Waals surface area contributed by atoms with Crippen LogP contribution >= 0.6 is 0 Å². The highest BCUT2D eigenvalue weighted by Crippen LogP contribution is 2.31. The number of benzene rings is 3. The number of fused-ring (bicyclic) bond motifs is 1. The van der Waals surface area contributed by atoms with Crippen molar-refractivity contribution in [3.05, 3.63) is 84.2 Å². The maximum Gasteiger partial charge on any atom is 0.249 e. The first-order valence-electron chi connectivity index (χ1n) is 11.3. The number of carbonyl (C=O) groups excluding carboxylic acids is 2. The molecule has 36 heavy (non-hydrogen) atoms. The minimum Gasteiger partial charge on any atom is -0.497 e. The topological polar surface area (TPSA) is 98.6 Å². The summed E-state index contributed by atoms with van der Waals surface area (Å²) in [5.74, 6) is -0.968. The maximum absolute atomic E-state index is 14.3. The van der Waals surface area contributed by atoms with Crippen molar-refractivity contribution in [2.24, 2.45) is 0 Å². The van der Waals surface area contributed by atoms with E-state index in [1.165, 1.54) is 42.0 Å². The van der Waals surface area contributed by atoms with Crippen molar-refractivity contribution in [3.63, 3.8) is 0 Å². The third-order valence-electron chi connectivity index (χ3n) is 5.58. The zero-order chi connectivity index (χ0) is 25.5. The lowest BCUT2D eigenvalue weighted by atomic mass is 10.0. The molecule has 0 aliphatic heterocycles. The largest absolute Gasteiger partial charge is 0.497 e. The molecule has 1 heterocycles. The molecule has 0 aliphatic carbocycles. The summed E-state index contributed by atoms with van der Waals surface area (Å²) in [5.41, 5.74) is 2.00. The number of ether oxygens (including phenoxy) is 2. The highest BCUT2D eigenvalue weighted by Gasteiger charge is 2.33. The Balaban J connectivity index is 1.79. The predicted octanol–water partition coefficient (Wildman–Crippen LogP) is 3.12. The third-order valence-corrected chi connectivity index (χ3v) is 5.58. The number of para-hydroxylation sites is 1. The van der Waals surface area contributed by atoms with Crippen molar-refractivity contribution in [3.8, 4) is 5.75 Å². The SMILES string of the molecule is COCCNC(=O)[C@@H](c1cccc(OC)c1)N(C(=O)Cn1nnc2ccccc21)c1cccc(F)c1. The molecule has 0 spiro atoms. The summed E-state index contributed by atoms with van der Waals surface area (Å²) in [7, 11) is 3.04. The number of amides is 2. The van der Waals surface area contributed by atoms with Gasteiger partial charge in [-0.3, -0.25) is 14.5 Å². The first-order chi connectivity index (χ1) is 17.5. The average molecular weight is 492 g/mol. The molecule has 0 bridgehead atoms. The van der Waals surface area contributed by atoms with Crippen molar-refractivity contribution in [1.82, 2.24) is 20.3 Å². The van der Waals surface area contributed by atoms with Gasteiger partial charge in [-0.15, -0.1) is 5.10 Å². The van der Waals surface area contributed by atoms with Crippen molar-refractivity contribution in [2.75, 3.05) is 32.3 Å². The van der Waals surface area contributed by atoms with Crippen molar-refractivity contribution in [1.29, 1.82) is 0 Å². The Morgan fingerprint density at radius 2 is 1.86 bits per heavy atom. The summed E-state index contributed by atoms with van der Waals surface area (Å²) < 4.78 is 26.2. The van der Waals surface area contributed by atoms with Crippen LogP contribution in [0.4, 0.5) is 10.1 Å². The Kier molecular flexibility index (Phi) is 7.86. The van der Waals surface area contributed by atoms with Crippen molar-refractivity contribution >= 4 is 28.5 Å². The van der Waals surface area contributed by atoms with Gasteiger partial charge >= 0.3 is 0 Å². The zero-order valence-electron chi connectivity index (χ0n) is 19.9. The molecule has 9 nitrogen and oxygen atoms in total. The molecule has 1 aromatic heterocycles. The highest BCUT2D eigenvalue weighted by molar-refractivity contribution is 6.01. The van der Waals surface area contributed by atoms with Crippen LogP contribution in [0.1, 0.15) is 11.6 Å². The number of hydrogen-bond acceptors (Lipinski definition) is 6. The lowest BCUT2D eigenvalue weighted by Gasteiger charge is -2.31. The number of halogens is 1. The minimum absolute atomic E-state index is 0.219. The van der Waals surface area contributed by atoms with Gasteiger partial charge in [-0.1, -0.05) is 35.5 Å². The quantitative estimate of drug-likeness (QED) is 0.342. The Labute approximate surface area is 207 Å². The van der Waals surface area contributed by atoms with Crippen LogP contribution in [0, 0.1) is 5.82 Å². The second kappa shape index (κ2) is 11.4. The number of nitrogens with zero attached hydrogens (tertiary/aromatic N) is 4. The molecule has 4 rings (SSSR count). The van der Waals surface area contributed by atoms with Gasteiger partial charge in [-0.2, -0.15) is 0 Å². The number of carbonyl (C=O) groups is 2. The molecule has 0 unspecified atom stereocenters.